The number of hydrogen-bond donors (Lipinski definition) is 2. The number of rotatable bonds is 8. The summed E-state index contributed by atoms with van der Waals surface area (Å²) < 4.78 is 27.0. The van der Waals surface area contributed by atoms with Crippen LogP contribution in [0.4, 0.5) is 0 Å². The van der Waals surface area contributed by atoms with Crippen molar-refractivity contribution in [3.63, 3.8) is 0 Å². The number of hydrogen-bond acceptors (Lipinski definition) is 5. The molecule has 0 bridgehead atoms. The van der Waals surface area contributed by atoms with Crippen molar-refractivity contribution in [3.8, 4) is 0 Å². The van der Waals surface area contributed by atoms with E-state index in [4.69, 9.17) is 4.74 Å². The Labute approximate surface area is 124 Å². The second-order valence-corrected chi connectivity index (χ2v) is 7.47. The number of nitrogens with zero attached hydrogens (tertiary/aromatic N) is 1. The minimum Gasteiger partial charge on any atom is -0.379 e. The van der Waals surface area contributed by atoms with Crippen LogP contribution in [0, 0.1) is 0 Å². The van der Waals surface area contributed by atoms with Gasteiger partial charge in [-0.25, -0.2) is 8.42 Å². The van der Waals surface area contributed by atoms with E-state index in [2.05, 4.69) is 21.7 Å². The zero-order chi connectivity index (χ0) is 14.8. The fourth-order valence-corrected chi connectivity index (χ4v) is 2.42. The Hall–Kier alpha value is -1.12. The molecule has 6 nitrogen and oxygen atoms in total. The van der Waals surface area contributed by atoms with Crippen molar-refractivity contribution in [3.05, 3.63) is 22.4 Å². The maximum absolute atomic E-state index is 10.9. The van der Waals surface area contributed by atoms with Gasteiger partial charge in [0.1, 0.15) is 9.84 Å². The van der Waals surface area contributed by atoms with Crippen LogP contribution in [0.25, 0.3) is 0 Å². The summed E-state index contributed by atoms with van der Waals surface area (Å²) in [5.74, 6) is 0.753. The Morgan fingerprint density at radius 2 is 2.20 bits per heavy atom. The number of thiophene rings is 1. The zero-order valence-electron chi connectivity index (χ0n) is 11.8. The monoisotopic (exact) mass is 319 g/mol. The molecule has 0 aliphatic heterocycles. The predicted octanol–water partition coefficient (Wildman–Crippen LogP) is 0.474. The SMILES string of the molecule is CN=C(NCCOCCS(C)(=O)=O)NCc1cccs1. The lowest BCUT2D eigenvalue weighted by Gasteiger charge is -2.11. The molecular weight excluding hydrogens is 298 g/mol. The summed E-state index contributed by atoms with van der Waals surface area (Å²) in [5.41, 5.74) is 0. The lowest BCUT2D eigenvalue weighted by Crippen LogP contribution is -2.38. The van der Waals surface area contributed by atoms with Gasteiger partial charge in [-0.05, 0) is 11.4 Å². The summed E-state index contributed by atoms with van der Waals surface area (Å²) in [6, 6.07) is 4.06. The number of ether oxygens (including phenoxy) is 1. The van der Waals surface area contributed by atoms with Crippen molar-refractivity contribution in [1.82, 2.24) is 10.6 Å². The van der Waals surface area contributed by atoms with Crippen molar-refractivity contribution in [2.75, 3.05) is 38.8 Å². The molecule has 0 amide bonds. The maximum Gasteiger partial charge on any atom is 0.191 e. The van der Waals surface area contributed by atoms with Crippen LogP contribution in [0.1, 0.15) is 4.88 Å². The highest BCUT2D eigenvalue weighted by molar-refractivity contribution is 7.90. The molecule has 0 fully saturated rings. The summed E-state index contributed by atoms with van der Waals surface area (Å²) in [6.07, 6.45) is 1.20. The number of nitrogens with one attached hydrogen (secondary N) is 2. The molecule has 0 unspecified atom stereocenters. The molecule has 0 radical (unpaired) electrons. The van der Waals surface area contributed by atoms with E-state index in [0.717, 1.165) is 6.54 Å². The van der Waals surface area contributed by atoms with Crippen LogP contribution in [-0.4, -0.2) is 53.2 Å². The highest BCUT2D eigenvalue weighted by atomic mass is 32.2. The summed E-state index contributed by atoms with van der Waals surface area (Å²) in [7, 11) is -1.24. The van der Waals surface area contributed by atoms with Crippen molar-refractivity contribution in [2.24, 2.45) is 4.99 Å². The van der Waals surface area contributed by atoms with E-state index in [9.17, 15) is 8.42 Å². The third-order valence-electron chi connectivity index (χ3n) is 2.37. The third kappa shape index (κ3) is 8.13. The molecule has 0 atom stereocenters. The van der Waals surface area contributed by atoms with Gasteiger partial charge < -0.3 is 15.4 Å². The lowest BCUT2D eigenvalue weighted by molar-refractivity contribution is 0.154. The lowest BCUT2D eigenvalue weighted by atomic mass is 10.5. The minimum atomic E-state index is -2.95. The molecule has 114 valence electrons. The largest absolute Gasteiger partial charge is 0.379 e. The first-order chi connectivity index (χ1) is 9.51. The van der Waals surface area contributed by atoms with E-state index < -0.39 is 9.84 Å². The van der Waals surface area contributed by atoms with Crippen molar-refractivity contribution in [2.45, 2.75) is 6.54 Å². The second-order valence-electron chi connectivity index (χ2n) is 4.17. The highest BCUT2D eigenvalue weighted by Crippen LogP contribution is 2.06. The zero-order valence-corrected chi connectivity index (χ0v) is 13.4. The molecule has 0 saturated heterocycles. The number of guanidine groups is 1. The Morgan fingerprint density at radius 3 is 2.80 bits per heavy atom. The highest BCUT2D eigenvalue weighted by Gasteiger charge is 2.02. The molecule has 20 heavy (non-hydrogen) atoms. The molecule has 8 heteroatoms. The Bertz CT molecular complexity index is 498. The van der Waals surface area contributed by atoms with Crippen LogP contribution in [0.2, 0.25) is 0 Å². The average Bonchev–Trinajstić information content (AvgIpc) is 2.89. The van der Waals surface area contributed by atoms with E-state index in [-0.39, 0.29) is 12.4 Å². The number of sulfone groups is 1. The van der Waals surface area contributed by atoms with Gasteiger partial charge in [0, 0.05) is 24.7 Å². The first-order valence-electron chi connectivity index (χ1n) is 6.23. The van der Waals surface area contributed by atoms with Gasteiger partial charge in [-0.3, -0.25) is 4.99 Å². The van der Waals surface area contributed by atoms with Gasteiger partial charge in [0.05, 0.1) is 25.5 Å². The minimum absolute atomic E-state index is 0.0539. The standard InChI is InChI=1S/C12H21N3O3S2/c1-13-12(15-10-11-4-3-8-19-11)14-5-6-18-7-9-20(2,16)17/h3-4,8H,5-7,9-10H2,1-2H3,(H2,13,14,15). The fourth-order valence-electron chi connectivity index (χ4n) is 1.36. The molecule has 1 rings (SSSR count). The van der Waals surface area contributed by atoms with Gasteiger partial charge in [-0.15, -0.1) is 11.3 Å². The molecule has 0 aliphatic rings. The molecule has 0 aromatic carbocycles. The van der Waals surface area contributed by atoms with Crippen molar-refractivity contribution >= 4 is 27.1 Å². The van der Waals surface area contributed by atoms with Gasteiger partial charge in [-0.2, -0.15) is 0 Å². The van der Waals surface area contributed by atoms with Crippen LogP contribution in [0.15, 0.2) is 22.5 Å². The molecule has 1 aromatic rings. The quantitative estimate of drug-likeness (QED) is 0.414. The third-order valence-corrected chi connectivity index (χ3v) is 4.16. The number of aliphatic imine (C=N–C) groups is 1. The predicted molar refractivity (Wildman–Crippen MR) is 83.1 cm³/mol. The van der Waals surface area contributed by atoms with Gasteiger partial charge in [0.2, 0.25) is 0 Å². The molecule has 1 aromatic heterocycles. The van der Waals surface area contributed by atoms with E-state index in [1.807, 2.05) is 11.4 Å². The molecular formula is C12H21N3O3S2. The fraction of sp³-hybridized carbons (Fsp3) is 0.583. The second kappa shape index (κ2) is 8.93. The molecule has 0 aliphatic carbocycles. The first kappa shape index (κ1) is 16.9. The van der Waals surface area contributed by atoms with Crippen LogP contribution < -0.4 is 10.6 Å². The van der Waals surface area contributed by atoms with Crippen LogP contribution >= 0.6 is 11.3 Å². The molecule has 2 N–H and O–H groups in total. The molecule has 1 heterocycles. The molecule has 0 spiro atoms. The summed E-state index contributed by atoms with van der Waals surface area (Å²) in [4.78, 5) is 5.33. The van der Waals surface area contributed by atoms with E-state index >= 15 is 0 Å². The smallest absolute Gasteiger partial charge is 0.191 e. The maximum atomic E-state index is 10.9. The Balaban J connectivity index is 2.10. The molecule has 0 saturated carbocycles. The van der Waals surface area contributed by atoms with Crippen LogP contribution in [-0.2, 0) is 21.1 Å². The normalized spacial score (nSPS) is 12.4. The first-order valence-corrected chi connectivity index (χ1v) is 9.17. The van der Waals surface area contributed by atoms with E-state index in [0.29, 0.717) is 19.1 Å². The van der Waals surface area contributed by atoms with Gasteiger partial charge >= 0.3 is 0 Å². The Kier molecular flexibility index (Phi) is 7.56. The Morgan fingerprint density at radius 1 is 1.40 bits per heavy atom. The summed E-state index contributed by atoms with van der Waals surface area (Å²) in [5, 5.41) is 8.31. The van der Waals surface area contributed by atoms with Crippen molar-refractivity contribution < 1.29 is 13.2 Å². The van der Waals surface area contributed by atoms with E-state index in [1.54, 1.807) is 18.4 Å². The average molecular weight is 319 g/mol. The summed E-state index contributed by atoms with van der Waals surface area (Å²) >= 11 is 1.69. The van der Waals surface area contributed by atoms with Crippen molar-refractivity contribution in [1.29, 1.82) is 0 Å². The van der Waals surface area contributed by atoms with Gasteiger partial charge in [-0.1, -0.05) is 6.07 Å². The van der Waals surface area contributed by atoms with Gasteiger partial charge in [0.25, 0.3) is 0 Å². The van der Waals surface area contributed by atoms with E-state index in [1.165, 1.54) is 11.1 Å². The summed E-state index contributed by atoms with van der Waals surface area (Å²) in [6.45, 7) is 1.97. The van der Waals surface area contributed by atoms with Crippen LogP contribution in [0.5, 0.6) is 0 Å². The van der Waals surface area contributed by atoms with Gasteiger partial charge in [0.15, 0.2) is 5.96 Å². The van der Waals surface area contributed by atoms with Crippen LogP contribution in [0.3, 0.4) is 0 Å². The topological polar surface area (TPSA) is 79.8 Å².